The normalized spacial score (nSPS) is 16.2. The molecule has 7 nitrogen and oxygen atoms in total. The summed E-state index contributed by atoms with van der Waals surface area (Å²) in [5, 5.41) is 10.1. The minimum absolute atomic E-state index is 0.00162. The molecule has 1 aliphatic heterocycles. The van der Waals surface area contributed by atoms with Crippen LogP contribution in [-0.2, 0) is 14.1 Å². The Balaban J connectivity index is 2.50. The molecule has 0 bridgehead atoms. The van der Waals surface area contributed by atoms with Crippen LogP contribution in [0.25, 0.3) is 0 Å². The zero-order valence-electron chi connectivity index (χ0n) is 13.2. The molecule has 1 aromatic carbocycles. The highest BCUT2D eigenvalue weighted by Crippen LogP contribution is 2.44. The molecule has 1 aromatic heterocycles. The van der Waals surface area contributed by atoms with Gasteiger partial charge >= 0.3 is 5.69 Å². The van der Waals surface area contributed by atoms with Gasteiger partial charge in [-0.15, -0.1) is 0 Å². The summed E-state index contributed by atoms with van der Waals surface area (Å²) in [7, 11) is 2.78. The lowest BCUT2D eigenvalue weighted by atomic mass is 9.85. The van der Waals surface area contributed by atoms with Crippen LogP contribution in [0, 0.1) is 11.3 Å². The van der Waals surface area contributed by atoms with E-state index in [1.807, 2.05) is 6.07 Å². The molecular weight excluding hydrogens is 367 g/mol. The first kappa shape index (κ1) is 17.1. The van der Waals surface area contributed by atoms with E-state index in [1.54, 1.807) is 18.2 Å². The third-order valence-corrected chi connectivity index (χ3v) is 4.76. The molecule has 2 heterocycles. The van der Waals surface area contributed by atoms with Crippen LogP contribution < -0.4 is 21.7 Å². The fraction of sp³-hybridized carbons (Fsp3) is 0.188. The first-order valence-corrected chi connectivity index (χ1v) is 7.86. The van der Waals surface area contributed by atoms with E-state index in [1.165, 1.54) is 14.1 Å². The van der Waals surface area contributed by atoms with E-state index in [2.05, 4.69) is 0 Å². The lowest BCUT2D eigenvalue weighted by Crippen LogP contribution is -2.42. The van der Waals surface area contributed by atoms with Crippen LogP contribution in [0.15, 0.2) is 39.2 Å². The number of halogens is 2. The predicted octanol–water partition coefficient (Wildman–Crippen LogP) is 1.61. The van der Waals surface area contributed by atoms with Gasteiger partial charge < -0.3 is 10.5 Å². The van der Waals surface area contributed by atoms with Gasteiger partial charge in [0.15, 0.2) is 0 Å². The van der Waals surface area contributed by atoms with E-state index in [-0.39, 0.29) is 32.9 Å². The zero-order chi connectivity index (χ0) is 18.5. The fourth-order valence-corrected chi connectivity index (χ4v) is 3.48. The Labute approximate surface area is 152 Å². The second kappa shape index (κ2) is 5.99. The number of benzene rings is 1. The van der Waals surface area contributed by atoms with Crippen molar-refractivity contribution in [2.75, 3.05) is 0 Å². The molecule has 2 N–H and O–H groups in total. The molecule has 3 rings (SSSR count). The molecule has 1 aliphatic rings. The number of allylic oxidation sites excluding steroid dienone is 1. The summed E-state index contributed by atoms with van der Waals surface area (Å²) in [4.78, 5) is 24.9. The van der Waals surface area contributed by atoms with Gasteiger partial charge in [-0.25, -0.2) is 4.79 Å². The topological polar surface area (TPSA) is 103 Å². The molecule has 2 aromatic rings. The van der Waals surface area contributed by atoms with Crippen LogP contribution in [0.4, 0.5) is 0 Å². The maximum atomic E-state index is 12.8. The Morgan fingerprint density at radius 2 is 1.76 bits per heavy atom. The molecule has 1 atom stereocenters. The molecule has 0 fully saturated rings. The molecule has 0 saturated heterocycles. The van der Waals surface area contributed by atoms with Crippen LogP contribution in [0.3, 0.4) is 0 Å². The van der Waals surface area contributed by atoms with Gasteiger partial charge in [-0.3, -0.25) is 13.9 Å². The van der Waals surface area contributed by atoms with Crippen LogP contribution in [0.5, 0.6) is 5.88 Å². The van der Waals surface area contributed by atoms with Crippen molar-refractivity contribution < 1.29 is 4.74 Å². The van der Waals surface area contributed by atoms with Gasteiger partial charge in [0.1, 0.15) is 11.6 Å². The van der Waals surface area contributed by atoms with Crippen LogP contribution in [0.2, 0.25) is 10.0 Å². The summed E-state index contributed by atoms with van der Waals surface area (Å²) in [5.41, 5.74) is 5.09. The standard InChI is InChI=1S/C16H12Cl2N4O3/c1-21-14(23)12-10(11-8(17)4-3-5-9(11)18)7(6-19)13(20)25-15(12)22(2)16(21)24/h3-5,10H,20H2,1-2H3/t10-/m1/s1. The van der Waals surface area contributed by atoms with E-state index in [4.69, 9.17) is 33.7 Å². The van der Waals surface area contributed by atoms with Crippen molar-refractivity contribution in [2.24, 2.45) is 19.8 Å². The Hall–Kier alpha value is -2.69. The van der Waals surface area contributed by atoms with Gasteiger partial charge in [0, 0.05) is 29.7 Å². The van der Waals surface area contributed by atoms with Crippen molar-refractivity contribution in [1.82, 2.24) is 9.13 Å². The van der Waals surface area contributed by atoms with Crippen molar-refractivity contribution in [3.63, 3.8) is 0 Å². The Morgan fingerprint density at radius 1 is 1.16 bits per heavy atom. The quantitative estimate of drug-likeness (QED) is 0.811. The third kappa shape index (κ3) is 2.42. The van der Waals surface area contributed by atoms with Crippen molar-refractivity contribution in [1.29, 1.82) is 5.26 Å². The van der Waals surface area contributed by atoms with Crippen LogP contribution in [0.1, 0.15) is 17.0 Å². The summed E-state index contributed by atoms with van der Waals surface area (Å²) < 4.78 is 7.49. The second-order valence-electron chi connectivity index (χ2n) is 5.48. The SMILES string of the molecule is Cn1c2c(c(=O)n(C)c1=O)[C@@H](c1c(Cl)cccc1Cl)C(C#N)=C(N)O2. The molecule has 0 unspecified atom stereocenters. The highest BCUT2D eigenvalue weighted by atomic mass is 35.5. The first-order chi connectivity index (χ1) is 11.8. The summed E-state index contributed by atoms with van der Waals surface area (Å²) in [6, 6.07) is 6.79. The number of fused-ring (bicyclic) bond motifs is 1. The number of nitrogens with two attached hydrogens (primary N) is 1. The van der Waals surface area contributed by atoms with E-state index in [0.29, 0.717) is 5.56 Å². The molecule has 0 radical (unpaired) electrons. The highest BCUT2D eigenvalue weighted by molar-refractivity contribution is 6.36. The van der Waals surface area contributed by atoms with Gasteiger partial charge in [0.25, 0.3) is 5.56 Å². The molecule has 128 valence electrons. The summed E-state index contributed by atoms with van der Waals surface area (Å²) in [6.45, 7) is 0. The maximum Gasteiger partial charge on any atom is 0.333 e. The predicted molar refractivity (Wildman–Crippen MR) is 92.7 cm³/mol. The number of ether oxygens (including phenoxy) is 1. The summed E-state index contributed by atoms with van der Waals surface area (Å²) >= 11 is 12.6. The van der Waals surface area contributed by atoms with E-state index in [0.717, 1.165) is 9.13 Å². The molecule has 9 heteroatoms. The molecular formula is C16H12Cl2N4O3. The van der Waals surface area contributed by atoms with E-state index >= 15 is 0 Å². The zero-order valence-corrected chi connectivity index (χ0v) is 14.7. The number of rotatable bonds is 1. The molecule has 0 amide bonds. The Morgan fingerprint density at radius 3 is 2.32 bits per heavy atom. The van der Waals surface area contributed by atoms with Crippen LogP contribution in [-0.4, -0.2) is 9.13 Å². The lowest BCUT2D eigenvalue weighted by Gasteiger charge is -2.28. The van der Waals surface area contributed by atoms with Crippen molar-refractivity contribution in [2.45, 2.75) is 5.92 Å². The van der Waals surface area contributed by atoms with Crippen molar-refractivity contribution in [3.05, 3.63) is 71.7 Å². The second-order valence-corrected chi connectivity index (χ2v) is 6.30. The molecule has 0 aliphatic carbocycles. The average molecular weight is 379 g/mol. The van der Waals surface area contributed by atoms with Gasteiger partial charge in [0.05, 0.1) is 11.5 Å². The fourth-order valence-electron chi connectivity index (χ4n) is 2.86. The van der Waals surface area contributed by atoms with Gasteiger partial charge in [-0.2, -0.15) is 5.26 Å². The van der Waals surface area contributed by atoms with Crippen molar-refractivity contribution >= 4 is 23.2 Å². The smallest absolute Gasteiger partial charge is 0.333 e. The van der Waals surface area contributed by atoms with Crippen LogP contribution >= 0.6 is 23.2 Å². The molecule has 0 saturated carbocycles. The highest BCUT2D eigenvalue weighted by Gasteiger charge is 2.37. The number of nitriles is 1. The van der Waals surface area contributed by atoms with Crippen molar-refractivity contribution in [3.8, 4) is 11.9 Å². The molecule has 25 heavy (non-hydrogen) atoms. The largest absolute Gasteiger partial charge is 0.423 e. The minimum Gasteiger partial charge on any atom is -0.423 e. The first-order valence-electron chi connectivity index (χ1n) is 7.11. The monoisotopic (exact) mass is 378 g/mol. The van der Waals surface area contributed by atoms with Gasteiger partial charge in [-0.1, -0.05) is 29.3 Å². The summed E-state index contributed by atoms with van der Waals surface area (Å²) in [6.07, 6.45) is 0. The Bertz CT molecular complexity index is 1070. The van der Waals surface area contributed by atoms with E-state index in [9.17, 15) is 14.9 Å². The lowest BCUT2D eigenvalue weighted by molar-refractivity contribution is 0.348. The minimum atomic E-state index is -0.944. The third-order valence-electron chi connectivity index (χ3n) is 4.10. The van der Waals surface area contributed by atoms with E-state index < -0.39 is 17.2 Å². The number of aromatic nitrogens is 2. The van der Waals surface area contributed by atoms with Gasteiger partial charge in [-0.05, 0) is 12.1 Å². The van der Waals surface area contributed by atoms with Gasteiger partial charge in [0.2, 0.25) is 11.8 Å². The average Bonchev–Trinajstić information content (AvgIpc) is 2.57. The molecule has 0 spiro atoms. The number of nitrogens with zero attached hydrogens (tertiary/aromatic N) is 3. The summed E-state index contributed by atoms with van der Waals surface area (Å²) in [5.74, 6) is -1.19. The Kier molecular flexibility index (Phi) is 4.11. The number of hydrogen-bond donors (Lipinski definition) is 1. The number of hydrogen-bond acceptors (Lipinski definition) is 5. The maximum absolute atomic E-state index is 12.8.